The summed E-state index contributed by atoms with van der Waals surface area (Å²) in [4.78, 5) is 0. The van der Waals surface area contributed by atoms with E-state index < -0.39 is 0 Å². The molecule has 0 aliphatic heterocycles. The van der Waals surface area contributed by atoms with Gasteiger partial charge in [-0.2, -0.15) is 0 Å². The van der Waals surface area contributed by atoms with Crippen LogP contribution in [0, 0.1) is 0 Å². The van der Waals surface area contributed by atoms with Crippen LogP contribution in [0.25, 0.3) is 27.8 Å². The van der Waals surface area contributed by atoms with Gasteiger partial charge in [0, 0.05) is 0 Å². The molecule has 0 atom stereocenters. The highest BCUT2D eigenvalue weighted by Crippen LogP contribution is 2.43. The van der Waals surface area contributed by atoms with Crippen molar-refractivity contribution in [2.24, 2.45) is 0 Å². The average molecular weight is 306 g/mol. The van der Waals surface area contributed by atoms with E-state index in [-0.39, 0.29) is 0 Å². The summed E-state index contributed by atoms with van der Waals surface area (Å²) in [6.07, 6.45) is 8.79. The molecule has 0 fully saturated rings. The van der Waals surface area contributed by atoms with Crippen molar-refractivity contribution in [3.8, 4) is 22.3 Å². The van der Waals surface area contributed by atoms with Crippen LogP contribution in [0.2, 0.25) is 0 Å². The summed E-state index contributed by atoms with van der Waals surface area (Å²) in [6.45, 7) is 0. The van der Waals surface area contributed by atoms with Crippen LogP contribution in [-0.4, -0.2) is 0 Å². The minimum atomic E-state index is 1.04. The largest absolute Gasteiger partial charge is 0.0801 e. The molecule has 0 nitrogen and oxygen atoms in total. The fourth-order valence-electron chi connectivity index (χ4n) is 3.96. The molecule has 0 aromatic heterocycles. The first-order valence-electron chi connectivity index (χ1n) is 8.57. The number of allylic oxidation sites excluding steroid dienone is 4. The Hall–Kier alpha value is -2.86. The van der Waals surface area contributed by atoms with Crippen LogP contribution < -0.4 is 0 Å². The lowest BCUT2D eigenvalue weighted by Crippen LogP contribution is -1.93. The van der Waals surface area contributed by atoms with Gasteiger partial charge in [0.15, 0.2) is 0 Å². The van der Waals surface area contributed by atoms with E-state index in [4.69, 9.17) is 0 Å². The van der Waals surface area contributed by atoms with Crippen LogP contribution >= 0.6 is 0 Å². The van der Waals surface area contributed by atoms with Crippen molar-refractivity contribution in [1.82, 2.24) is 0 Å². The minimum Gasteiger partial charge on any atom is -0.0801 e. The van der Waals surface area contributed by atoms with Crippen molar-refractivity contribution >= 4 is 5.57 Å². The molecule has 0 N–H and O–H groups in total. The highest BCUT2D eigenvalue weighted by Gasteiger charge is 2.23. The zero-order valence-corrected chi connectivity index (χ0v) is 13.5. The number of fused-ring (bicyclic) bond motifs is 3. The van der Waals surface area contributed by atoms with E-state index in [0.29, 0.717) is 0 Å². The van der Waals surface area contributed by atoms with Crippen molar-refractivity contribution in [1.29, 1.82) is 0 Å². The Morgan fingerprint density at radius 2 is 1.46 bits per heavy atom. The summed E-state index contributed by atoms with van der Waals surface area (Å²) in [5.41, 5.74) is 11.2. The van der Waals surface area contributed by atoms with Crippen LogP contribution in [0.5, 0.6) is 0 Å². The maximum Gasteiger partial charge on any atom is -0.000739 e. The summed E-state index contributed by atoms with van der Waals surface area (Å²) in [6, 6.07) is 24.3. The van der Waals surface area contributed by atoms with Crippen molar-refractivity contribution in [2.45, 2.75) is 12.8 Å². The minimum absolute atomic E-state index is 1.04. The molecule has 114 valence electrons. The quantitative estimate of drug-likeness (QED) is 0.409. The number of hydrogen-bond acceptors (Lipinski definition) is 0. The highest BCUT2D eigenvalue weighted by molar-refractivity contribution is 5.88. The second kappa shape index (κ2) is 5.35. The number of rotatable bonds is 2. The van der Waals surface area contributed by atoms with Gasteiger partial charge in [0.2, 0.25) is 0 Å². The van der Waals surface area contributed by atoms with Crippen LogP contribution in [0.1, 0.15) is 23.1 Å². The Labute approximate surface area is 142 Å². The molecule has 0 radical (unpaired) electrons. The summed E-state index contributed by atoms with van der Waals surface area (Å²) < 4.78 is 0. The van der Waals surface area contributed by atoms with Crippen LogP contribution in [-0.2, 0) is 6.42 Å². The third-order valence-corrected chi connectivity index (χ3v) is 5.15. The topological polar surface area (TPSA) is 0 Å². The number of hydrogen-bond donors (Lipinski definition) is 0. The monoisotopic (exact) mass is 306 g/mol. The molecule has 0 heterocycles. The van der Waals surface area contributed by atoms with Crippen molar-refractivity contribution in [3.05, 3.63) is 102 Å². The Balaban J connectivity index is 1.77. The van der Waals surface area contributed by atoms with Gasteiger partial charge < -0.3 is 0 Å². The molecule has 3 aromatic rings. The van der Waals surface area contributed by atoms with E-state index in [0.717, 1.165) is 12.8 Å². The molecule has 0 unspecified atom stereocenters. The predicted octanol–water partition coefficient (Wildman–Crippen LogP) is 6.27. The van der Waals surface area contributed by atoms with E-state index in [2.05, 4.69) is 85.0 Å². The molecule has 5 rings (SSSR count). The molecule has 24 heavy (non-hydrogen) atoms. The molecular weight excluding hydrogens is 288 g/mol. The highest BCUT2D eigenvalue weighted by atomic mass is 14.3. The molecule has 0 saturated carbocycles. The molecule has 0 saturated heterocycles. The second-order valence-corrected chi connectivity index (χ2v) is 6.57. The van der Waals surface area contributed by atoms with Crippen LogP contribution in [0.4, 0.5) is 0 Å². The lowest BCUT2D eigenvalue weighted by atomic mass is 9.90. The summed E-state index contributed by atoms with van der Waals surface area (Å²) in [5.74, 6) is 0. The normalized spacial score (nSPS) is 14.4. The zero-order chi connectivity index (χ0) is 15.9. The van der Waals surface area contributed by atoms with Gasteiger partial charge in [-0.15, -0.1) is 0 Å². The fourth-order valence-corrected chi connectivity index (χ4v) is 3.96. The van der Waals surface area contributed by atoms with Gasteiger partial charge in [0.25, 0.3) is 0 Å². The summed E-state index contributed by atoms with van der Waals surface area (Å²) in [7, 11) is 0. The Morgan fingerprint density at radius 1 is 0.667 bits per heavy atom. The van der Waals surface area contributed by atoms with Gasteiger partial charge in [0.1, 0.15) is 0 Å². The molecule has 0 heteroatoms. The molecular formula is C24H18. The third kappa shape index (κ3) is 2.07. The van der Waals surface area contributed by atoms with Gasteiger partial charge in [0.05, 0.1) is 0 Å². The predicted molar refractivity (Wildman–Crippen MR) is 102 cm³/mol. The van der Waals surface area contributed by atoms with Crippen molar-refractivity contribution in [3.63, 3.8) is 0 Å². The molecule has 2 aliphatic rings. The first-order chi connectivity index (χ1) is 11.9. The molecule has 0 amide bonds. The summed E-state index contributed by atoms with van der Waals surface area (Å²) in [5, 5.41) is 0. The first kappa shape index (κ1) is 13.6. The lowest BCUT2D eigenvalue weighted by molar-refractivity contribution is 1.24. The van der Waals surface area contributed by atoms with E-state index in [9.17, 15) is 0 Å². The Morgan fingerprint density at radius 3 is 2.29 bits per heavy atom. The van der Waals surface area contributed by atoms with Gasteiger partial charge in [-0.05, 0) is 69.5 Å². The smallest absolute Gasteiger partial charge is 0.000739 e. The first-order valence-corrected chi connectivity index (χ1v) is 8.57. The molecule has 2 aliphatic carbocycles. The van der Waals surface area contributed by atoms with Crippen molar-refractivity contribution < 1.29 is 0 Å². The second-order valence-electron chi connectivity index (χ2n) is 6.57. The average Bonchev–Trinajstić information content (AvgIpc) is 3.29. The van der Waals surface area contributed by atoms with Gasteiger partial charge in [-0.1, -0.05) is 72.8 Å². The zero-order valence-electron chi connectivity index (χ0n) is 13.5. The number of benzene rings is 3. The van der Waals surface area contributed by atoms with Crippen LogP contribution in [0.15, 0.2) is 85.0 Å². The molecule has 0 spiro atoms. The van der Waals surface area contributed by atoms with Gasteiger partial charge >= 0.3 is 0 Å². The standard InChI is InChI=1S/C24H18/c1-2-8-17(9-3-1)20-15-22(18-10-4-5-11-18)24-14-19-12-6-7-13-21(19)23(24)16-20/h1-10,12-13,15-16H,11,14H2. The van der Waals surface area contributed by atoms with Crippen LogP contribution in [0.3, 0.4) is 0 Å². The third-order valence-electron chi connectivity index (χ3n) is 5.15. The van der Waals surface area contributed by atoms with E-state index in [1.807, 2.05) is 0 Å². The maximum absolute atomic E-state index is 2.39. The lowest BCUT2D eigenvalue weighted by Gasteiger charge is -2.14. The van der Waals surface area contributed by atoms with Crippen molar-refractivity contribution in [2.75, 3.05) is 0 Å². The van der Waals surface area contributed by atoms with E-state index >= 15 is 0 Å². The van der Waals surface area contributed by atoms with E-state index in [1.54, 1.807) is 0 Å². The van der Waals surface area contributed by atoms with Gasteiger partial charge in [-0.25, -0.2) is 0 Å². The summed E-state index contributed by atoms with van der Waals surface area (Å²) >= 11 is 0. The van der Waals surface area contributed by atoms with E-state index in [1.165, 1.54) is 44.5 Å². The molecule has 3 aromatic carbocycles. The Kier molecular flexibility index (Phi) is 3.02. The SMILES string of the molecule is C1=CCC(c2cc(-c3ccccc3)cc3c2Cc2ccccc2-3)=C1. The Bertz CT molecular complexity index is 988. The fraction of sp³-hybridized carbons (Fsp3) is 0.0833. The van der Waals surface area contributed by atoms with Gasteiger partial charge in [-0.3, -0.25) is 0 Å². The maximum atomic E-state index is 2.39. The molecule has 0 bridgehead atoms.